The lowest BCUT2D eigenvalue weighted by atomic mass is 10.2. The highest BCUT2D eigenvalue weighted by atomic mass is 32.2. The van der Waals surface area contributed by atoms with E-state index in [1.807, 2.05) is 6.07 Å². The number of hydrogen-bond acceptors (Lipinski definition) is 5. The molecular weight excluding hydrogens is 252 g/mol. The van der Waals surface area contributed by atoms with Crippen LogP contribution in [0.25, 0.3) is 11.1 Å². The van der Waals surface area contributed by atoms with E-state index in [-0.39, 0.29) is 10.5 Å². The molecule has 96 valence electrons. The minimum absolute atomic E-state index is 0.143. The van der Waals surface area contributed by atoms with E-state index < -0.39 is 9.84 Å². The maximum absolute atomic E-state index is 12.4. The molecule has 1 fully saturated rings. The first-order valence-electron chi connectivity index (χ1n) is 5.98. The second-order valence-electron chi connectivity index (χ2n) is 4.44. The second kappa shape index (κ2) is 4.37. The summed E-state index contributed by atoms with van der Waals surface area (Å²) in [7, 11) is -3.44. The Bertz CT molecular complexity index is 624. The van der Waals surface area contributed by atoms with Gasteiger partial charge in [-0.1, -0.05) is 12.1 Å². The molecule has 0 aliphatic carbocycles. The smallest absolute Gasteiger partial charge is 0.316 e. The first-order chi connectivity index (χ1) is 8.68. The molecule has 1 aromatic carbocycles. The fourth-order valence-electron chi connectivity index (χ4n) is 2.22. The van der Waals surface area contributed by atoms with Crippen LogP contribution in [0.1, 0.15) is 12.8 Å². The maximum Gasteiger partial charge on any atom is 0.316 e. The molecule has 1 aliphatic heterocycles. The summed E-state index contributed by atoms with van der Waals surface area (Å²) in [5, 5.41) is 2.62. The molecule has 1 N–H and O–H groups in total. The highest BCUT2D eigenvalue weighted by Gasteiger charge is 2.33. The van der Waals surface area contributed by atoms with Crippen LogP contribution in [0.3, 0.4) is 0 Å². The number of benzene rings is 1. The van der Waals surface area contributed by atoms with Crippen LogP contribution in [-0.4, -0.2) is 31.7 Å². The zero-order valence-corrected chi connectivity index (χ0v) is 10.6. The summed E-state index contributed by atoms with van der Waals surface area (Å²) in [5.41, 5.74) is 1.11. The zero-order chi connectivity index (χ0) is 12.6. The lowest BCUT2D eigenvalue weighted by Gasteiger charge is -2.20. The fraction of sp³-hybridized carbons (Fsp3) is 0.417. The quantitative estimate of drug-likeness (QED) is 0.888. The number of rotatable bonds is 2. The average Bonchev–Trinajstić information content (AvgIpc) is 2.84. The normalized spacial score (nSPS) is 18.2. The molecule has 2 heterocycles. The Hall–Kier alpha value is -1.40. The summed E-state index contributed by atoms with van der Waals surface area (Å²) in [6, 6.07) is 7.09. The summed E-state index contributed by atoms with van der Waals surface area (Å²) >= 11 is 0. The van der Waals surface area contributed by atoms with Gasteiger partial charge in [-0.15, -0.1) is 0 Å². The van der Waals surface area contributed by atoms with Crippen LogP contribution in [0.4, 0.5) is 0 Å². The van der Waals surface area contributed by atoms with Gasteiger partial charge in [0.2, 0.25) is 9.84 Å². The topological polar surface area (TPSA) is 72.2 Å². The Kier molecular flexibility index (Phi) is 2.83. The van der Waals surface area contributed by atoms with Crippen molar-refractivity contribution in [2.45, 2.75) is 23.3 Å². The third-order valence-corrected chi connectivity index (χ3v) is 5.25. The molecule has 0 saturated carbocycles. The van der Waals surface area contributed by atoms with Crippen molar-refractivity contribution < 1.29 is 12.8 Å². The molecular formula is C12H14N2O3S. The van der Waals surface area contributed by atoms with Crippen LogP contribution in [0.15, 0.2) is 33.9 Å². The Morgan fingerprint density at radius 1 is 1.22 bits per heavy atom. The molecule has 0 atom stereocenters. The van der Waals surface area contributed by atoms with E-state index in [9.17, 15) is 8.42 Å². The predicted molar refractivity (Wildman–Crippen MR) is 67.1 cm³/mol. The lowest BCUT2D eigenvalue weighted by Crippen LogP contribution is -2.35. The van der Waals surface area contributed by atoms with Gasteiger partial charge in [-0.25, -0.2) is 8.42 Å². The van der Waals surface area contributed by atoms with Crippen LogP contribution in [0, 0.1) is 0 Å². The molecule has 1 aliphatic rings. The monoisotopic (exact) mass is 266 g/mol. The summed E-state index contributed by atoms with van der Waals surface area (Å²) in [5.74, 6) is 0. The van der Waals surface area contributed by atoms with Crippen LogP contribution in [0.5, 0.6) is 0 Å². The molecule has 5 nitrogen and oxygen atoms in total. The van der Waals surface area contributed by atoms with Gasteiger partial charge in [-0.05, 0) is 38.1 Å². The van der Waals surface area contributed by atoms with Crippen molar-refractivity contribution in [3.8, 4) is 0 Å². The molecule has 1 aromatic heterocycles. The largest absolute Gasteiger partial charge is 0.428 e. The van der Waals surface area contributed by atoms with Crippen molar-refractivity contribution in [1.82, 2.24) is 10.3 Å². The summed E-state index contributed by atoms with van der Waals surface area (Å²) in [6.07, 6.45) is 1.22. The van der Waals surface area contributed by atoms with Crippen LogP contribution < -0.4 is 5.32 Å². The Morgan fingerprint density at radius 2 is 1.94 bits per heavy atom. The number of nitrogens with one attached hydrogen (secondary N) is 1. The van der Waals surface area contributed by atoms with Crippen molar-refractivity contribution in [2.24, 2.45) is 0 Å². The Balaban J connectivity index is 2.01. The van der Waals surface area contributed by atoms with E-state index >= 15 is 0 Å². The standard InChI is InChI=1S/C12H14N2O3S/c15-18(16,9-5-7-13-8-6-9)12-14-10-3-1-2-4-11(10)17-12/h1-4,9,13H,5-8H2. The zero-order valence-electron chi connectivity index (χ0n) is 9.80. The Morgan fingerprint density at radius 3 is 2.67 bits per heavy atom. The van der Waals surface area contributed by atoms with Gasteiger partial charge >= 0.3 is 5.22 Å². The molecule has 0 unspecified atom stereocenters. The van der Waals surface area contributed by atoms with Crippen molar-refractivity contribution >= 4 is 20.9 Å². The summed E-state index contributed by atoms with van der Waals surface area (Å²) < 4.78 is 30.1. The minimum Gasteiger partial charge on any atom is -0.428 e. The fourth-order valence-corrected chi connectivity index (χ4v) is 3.79. The van der Waals surface area contributed by atoms with Gasteiger partial charge in [0.15, 0.2) is 5.58 Å². The SMILES string of the molecule is O=S(=O)(c1nc2ccccc2o1)C1CCNCC1. The van der Waals surface area contributed by atoms with E-state index in [0.717, 1.165) is 13.1 Å². The van der Waals surface area contributed by atoms with Gasteiger partial charge in [0, 0.05) is 0 Å². The van der Waals surface area contributed by atoms with E-state index in [1.54, 1.807) is 18.2 Å². The van der Waals surface area contributed by atoms with Crippen molar-refractivity contribution in [3.05, 3.63) is 24.3 Å². The summed E-state index contributed by atoms with van der Waals surface area (Å²) in [4.78, 5) is 4.08. The van der Waals surface area contributed by atoms with Gasteiger partial charge in [0.05, 0.1) is 5.25 Å². The minimum atomic E-state index is -3.44. The van der Waals surface area contributed by atoms with Gasteiger partial charge in [0.1, 0.15) is 5.52 Å². The maximum atomic E-state index is 12.4. The van der Waals surface area contributed by atoms with E-state index in [2.05, 4.69) is 10.3 Å². The van der Waals surface area contributed by atoms with Gasteiger partial charge < -0.3 is 9.73 Å². The van der Waals surface area contributed by atoms with Crippen molar-refractivity contribution in [3.63, 3.8) is 0 Å². The number of piperidine rings is 1. The summed E-state index contributed by atoms with van der Waals surface area (Å²) in [6.45, 7) is 1.45. The molecule has 3 rings (SSSR count). The molecule has 1 saturated heterocycles. The lowest BCUT2D eigenvalue weighted by molar-refractivity contribution is 0.437. The first kappa shape index (κ1) is 11.7. The van der Waals surface area contributed by atoms with Gasteiger partial charge in [-0.3, -0.25) is 0 Å². The van der Waals surface area contributed by atoms with Crippen LogP contribution in [-0.2, 0) is 9.84 Å². The molecule has 0 radical (unpaired) electrons. The van der Waals surface area contributed by atoms with E-state index in [0.29, 0.717) is 23.9 Å². The predicted octanol–water partition coefficient (Wildman–Crippen LogP) is 1.35. The Labute approximate surface area is 105 Å². The van der Waals surface area contributed by atoms with Crippen molar-refractivity contribution in [1.29, 1.82) is 0 Å². The third kappa shape index (κ3) is 1.91. The highest BCUT2D eigenvalue weighted by Crippen LogP contribution is 2.25. The third-order valence-electron chi connectivity index (χ3n) is 3.24. The van der Waals surface area contributed by atoms with Gasteiger partial charge in [0.25, 0.3) is 0 Å². The number of nitrogens with zero attached hydrogens (tertiary/aromatic N) is 1. The highest BCUT2D eigenvalue weighted by molar-refractivity contribution is 7.91. The average molecular weight is 266 g/mol. The van der Waals surface area contributed by atoms with Crippen molar-refractivity contribution in [2.75, 3.05) is 13.1 Å². The number of sulfone groups is 1. The van der Waals surface area contributed by atoms with E-state index in [1.165, 1.54) is 0 Å². The van der Waals surface area contributed by atoms with Crippen LogP contribution in [0.2, 0.25) is 0 Å². The van der Waals surface area contributed by atoms with E-state index in [4.69, 9.17) is 4.42 Å². The molecule has 0 spiro atoms. The molecule has 2 aromatic rings. The number of aromatic nitrogens is 1. The molecule has 0 amide bonds. The number of fused-ring (bicyclic) bond motifs is 1. The molecule has 18 heavy (non-hydrogen) atoms. The molecule has 0 bridgehead atoms. The number of hydrogen-bond donors (Lipinski definition) is 1. The number of para-hydroxylation sites is 2. The van der Waals surface area contributed by atoms with Gasteiger partial charge in [-0.2, -0.15) is 4.98 Å². The first-order valence-corrected chi connectivity index (χ1v) is 7.53. The second-order valence-corrected chi connectivity index (χ2v) is 6.55. The van der Waals surface area contributed by atoms with Crippen LogP contribution >= 0.6 is 0 Å². The number of oxazole rings is 1. The molecule has 6 heteroatoms.